The van der Waals surface area contributed by atoms with E-state index in [1.165, 1.54) is 5.56 Å². The first kappa shape index (κ1) is 18.6. The van der Waals surface area contributed by atoms with Gasteiger partial charge in [-0.05, 0) is 30.5 Å². The van der Waals surface area contributed by atoms with Gasteiger partial charge < -0.3 is 15.6 Å². The summed E-state index contributed by atoms with van der Waals surface area (Å²) >= 11 is 0. The number of nitrogens with zero attached hydrogens (tertiary/aromatic N) is 4. The fourth-order valence-electron chi connectivity index (χ4n) is 3.91. The second kappa shape index (κ2) is 8.51. The molecule has 3 N–H and O–H groups in total. The highest BCUT2D eigenvalue weighted by Gasteiger charge is 2.21. The minimum atomic E-state index is 0.378. The maximum Gasteiger partial charge on any atom is 0.231 e. The number of anilines is 3. The zero-order valence-electron chi connectivity index (χ0n) is 16.8. The van der Waals surface area contributed by atoms with Crippen LogP contribution in [0.3, 0.4) is 0 Å². The lowest BCUT2D eigenvalue weighted by atomic mass is 10.0. The lowest BCUT2D eigenvalue weighted by Gasteiger charge is -2.32. The molecule has 4 aromatic rings. The lowest BCUT2D eigenvalue weighted by Crippen LogP contribution is -2.38. The van der Waals surface area contributed by atoms with Gasteiger partial charge in [-0.1, -0.05) is 48.5 Å². The molecule has 1 saturated heterocycles. The van der Waals surface area contributed by atoms with Crippen molar-refractivity contribution < 1.29 is 0 Å². The van der Waals surface area contributed by atoms with Crippen molar-refractivity contribution in [2.75, 3.05) is 23.7 Å². The Morgan fingerprint density at radius 2 is 1.67 bits per heavy atom. The summed E-state index contributed by atoms with van der Waals surface area (Å²) in [6.07, 6.45) is 3.82. The molecule has 1 aliphatic heterocycles. The summed E-state index contributed by atoms with van der Waals surface area (Å²) in [4.78, 5) is 19.3. The fourth-order valence-corrected chi connectivity index (χ4v) is 3.91. The van der Waals surface area contributed by atoms with Gasteiger partial charge in [-0.25, -0.2) is 4.98 Å². The third-order valence-electron chi connectivity index (χ3n) is 5.49. The van der Waals surface area contributed by atoms with Gasteiger partial charge in [0.1, 0.15) is 5.52 Å². The van der Waals surface area contributed by atoms with Crippen molar-refractivity contribution in [1.82, 2.24) is 24.8 Å². The molecule has 1 fully saturated rings. The smallest absolute Gasteiger partial charge is 0.231 e. The molecule has 2 aromatic carbocycles. The topological polar surface area (TPSA) is 81.8 Å². The molecule has 0 saturated carbocycles. The summed E-state index contributed by atoms with van der Waals surface area (Å²) in [5.41, 5.74) is 3.83. The van der Waals surface area contributed by atoms with Gasteiger partial charge in [0.15, 0.2) is 11.5 Å². The summed E-state index contributed by atoms with van der Waals surface area (Å²) in [5.74, 6) is 1.35. The van der Waals surface area contributed by atoms with Crippen LogP contribution in [-0.2, 0) is 6.54 Å². The van der Waals surface area contributed by atoms with Gasteiger partial charge >= 0.3 is 0 Å². The first-order valence-corrected chi connectivity index (χ1v) is 10.4. The normalized spacial score (nSPS) is 15.3. The number of aromatic nitrogens is 4. The highest BCUT2D eigenvalue weighted by Crippen LogP contribution is 2.24. The SMILES string of the molecule is c1ccc(CN2CCC(Nc3nc(Nc4ccccc4)nc4nc[nH]c34)CC2)cc1. The largest absolute Gasteiger partial charge is 0.365 e. The van der Waals surface area contributed by atoms with E-state index in [9.17, 15) is 0 Å². The van der Waals surface area contributed by atoms with Crippen LogP contribution in [0.2, 0.25) is 0 Å². The van der Waals surface area contributed by atoms with Crippen molar-refractivity contribution in [3.63, 3.8) is 0 Å². The van der Waals surface area contributed by atoms with E-state index in [4.69, 9.17) is 4.98 Å². The third kappa shape index (κ3) is 4.26. The van der Waals surface area contributed by atoms with E-state index >= 15 is 0 Å². The molecular weight excluding hydrogens is 374 g/mol. The minimum absolute atomic E-state index is 0.378. The lowest BCUT2D eigenvalue weighted by molar-refractivity contribution is 0.211. The Morgan fingerprint density at radius 3 is 2.43 bits per heavy atom. The molecule has 7 heteroatoms. The number of hydrogen-bond donors (Lipinski definition) is 3. The number of benzene rings is 2. The van der Waals surface area contributed by atoms with E-state index < -0.39 is 0 Å². The fraction of sp³-hybridized carbons (Fsp3) is 0.261. The summed E-state index contributed by atoms with van der Waals surface area (Å²) in [6, 6.07) is 21.0. The van der Waals surface area contributed by atoms with Gasteiger partial charge in [-0.2, -0.15) is 9.97 Å². The van der Waals surface area contributed by atoms with E-state index in [1.807, 2.05) is 30.3 Å². The number of likely N-dealkylation sites (tertiary alicyclic amines) is 1. The molecule has 7 nitrogen and oxygen atoms in total. The zero-order chi connectivity index (χ0) is 20.2. The predicted octanol–water partition coefficient (Wildman–Crippen LogP) is 4.17. The number of fused-ring (bicyclic) bond motifs is 1. The van der Waals surface area contributed by atoms with Gasteiger partial charge in [-0.3, -0.25) is 4.90 Å². The molecule has 0 radical (unpaired) electrons. The molecule has 3 heterocycles. The predicted molar refractivity (Wildman–Crippen MR) is 120 cm³/mol. The molecule has 0 spiro atoms. The Kier molecular flexibility index (Phi) is 5.26. The molecule has 0 unspecified atom stereocenters. The molecule has 0 amide bonds. The van der Waals surface area contributed by atoms with Crippen molar-refractivity contribution >= 4 is 28.6 Å². The van der Waals surface area contributed by atoms with Gasteiger partial charge in [0.2, 0.25) is 5.95 Å². The highest BCUT2D eigenvalue weighted by atomic mass is 15.2. The zero-order valence-corrected chi connectivity index (χ0v) is 16.8. The number of piperidine rings is 1. The quantitative estimate of drug-likeness (QED) is 0.451. The van der Waals surface area contributed by atoms with E-state index in [0.717, 1.165) is 49.5 Å². The monoisotopic (exact) mass is 399 g/mol. The Bertz CT molecular complexity index is 1090. The standard InChI is InChI=1S/C23H25N7/c1-3-7-17(8-4-1)15-30-13-11-19(12-14-30)26-22-20-21(25-16-24-20)28-23(29-22)27-18-9-5-2-6-10-18/h1-10,16,19H,11-15H2,(H3,24,25,26,27,28,29). The first-order chi connectivity index (χ1) is 14.8. The minimum Gasteiger partial charge on any atom is -0.365 e. The maximum atomic E-state index is 4.73. The molecule has 2 aromatic heterocycles. The second-order valence-corrected chi connectivity index (χ2v) is 7.67. The molecule has 0 aliphatic carbocycles. The van der Waals surface area contributed by atoms with Crippen molar-refractivity contribution in [2.45, 2.75) is 25.4 Å². The van der Waals surface area contributed by atoms with Crippen LogP contribution >= 0.6 is 0 Å². The number of rotatable bonds is 6. The van der Waals surface area contributed by atoms with Crippen LogP contribution in [0.1, 0.15) is 18.4 Å². The van der Waals surface area contributed by atoms with Crippen LogP contribution in [0.5, 0.6) is 0 Å². The van der Waals surface area contributed by atoms with Crippen LogP contribution in [0.4, 0.5) is 17.5 Å². The van der Waals surface area contributed by atoms with Crippen molar-refractivity contribution in [2.24, 2.45) is 0 Å². The van der Waals surface area contributed by atoms with Gasteiger partial charge in [0, 0.05) is 31.4 Å². The van der Waals surface area contributed by atoms with Gasteiger partial charge in [0.25, 0.3) is 0 Å². The van der Waals surface area contributed by atoms with E-state index in [2.05, 4.69) is 60.8 Å². The third-order valence-corrected chi connectivity index (χ3v) is 5.49. The molecule has 0 atom stereocenters. The summed E-state index contributed by atoms with van der Waals surface area (Å²) in [5, 5.41) is 6.91. The number of aromatic amines is 1. The maximum absolute atomic E-state index is 4.73. The van der Waals surface area contributed by atoms with Crippen molar-refractivity contribution in [1.29, 1.82) is 0 Å². The number of imidazole rings is 1. The average molecular weight is 400 g/mol. The molecule has 152 valence electrons. The van der Waals surface area contributed by atoms with E-state index in [-0.39, 0.29) is 0 Å². The Morgan fingerprint density at radius 1 is 0.933 bits per heavy atom. The Balaban J connectivity index is 1.27. The second-order valence-electron chi connectivity index (χ2n) is 7.67. The van der Waals surface area contributed by atoms with Crippen molar-refractivity contribution in [3.8, 4) is 0 Å². The molecule has 30 heavy (non-hydrogen) atoms. The summed E-state index contributed by atoms with van der Waals surface area (Å²) in [6.45, 7) is 3.15. The number of hydrogen-bond acceptors (Lipinski definition) is 6. The Labute approximate surface area is 175 Å². The van der Waals surface area contributed by atoms with E-state index in [0.29, 0.717) is 17.6 Å². The molecule has 1 aliphatic rings. The highest BCUT2D eigenvalue weighted by molar-refractivity contribution is 5.84. The van der Waals surface area contributed by atoms with Crippen molar-refractivity contribution in [3.05, 3.63) is 72.6 Å². The molecular formula is C23H25N7. The van der Waals surface area contributed by atoms with Crippen LogP contribution in [-0.4, -0.2) is 44.0 Å². The number of nitrogens with one attached hydrogen (secondary N) is 3. The van der Waals surface area contributed by atoms with Crippen LogP contribution < -0.4 is 10.6 Å². The van der Waals surface area contributed by atoms with Gasteiger partial charge in [-0.15, -0.1) is 0 Å². The average Bonchev–Trinajstić information content (AvgIpc) is 3.26. The molecule has 0 bridgehead atoms. The summed E-state index contributed by atoms with van der Waals surface area (Å²) < 4.78 is 0. The molecule has 5 rings (SSSR count). The Hall–Kier alpha value is -3.45. The van der Waals surface area contributed by atoms with Crippen LogP contribution in [0.15, 0.2) is 67.0 Å². The van der Waals surface area contributed by atoms with Crippen LogP contribution in [0, 0.1) is 0 Å². The number of para-hydroxylation sites is 1. The van der Waals surface area contributed by atoms with E-state index in [1.54, 1.807) is 6.33 Å². The number of H-pyrrole nitrogens is 1. The van der Waals surface area contributed by atoms with Crippen LogP contribution in [0.25, 0.3) is 11.2 Å². The van der Waals surface area contributed by atoms with Gasteiger partial charge in [0.05, 0.1) is 6.33 Å². The summed E-state index contributed by atoms with van der Waals surface area (Å²) in [7, 11) is 0. The first-order valence-electron chi connectivity index (χ1n) is 10.4.